The number of hydrogen-bond acceptors (Lipinski definition) is 6. The number of hydrogen-bond donors (Lipinski definition) is 2. The molecule has 1 aliphatic rings. The summed E-state index contributed by atoms with van der Waals surface area (Å²) in [6.07, 6.45) is -0.0567. The smallest absolute Gasteiger partial charge is 0.254 e. The minimum absolute atomic E-state index is 0.0391. The van der Waals surface area contributed by atoms with Crippen LogP contribution in [-0.4, -0.2) is 57.4 Å². The maximum Gasteiger partial charge on any atom is 0.254 e. The van der Waals surface area contributed by atoms with E-state index in [1.807, 2.05) is 0 Å². The highest BCUT2D eigenvalue weighted by Crippen LogP contribution is 2.25. The molecule has 0 radical (unpaired) electrons. The van der Waals surface area contributed by atoms with Gasteiger partial charge in [-0.3, -0.25) is 9.59 Å². The molecule has 3 rings (SSSR count). The van der Waals surface area contributed by atoms with Crippen LogP contribution in [0, 0.1) is 11.6 Å². The van der Waals surface area contributed by atoms with Gasteiger partial charge in [0.05, 0.1) is 25.3 Å². The summed E-state index contributed by atoms with van der Waals surface area (Å²) in [7, 11) is -3.58. The molecule has 1 aliphatic heterocycles. The number of halogens is 2. The number of rotatable bonds is 8. The van der Waals surface area contributed by atoms with Crippen LogP contribution >= 0.6 is 11.3 Å². The molecule has 1 saturated heterocycles. The summed E-state index contributed by atoms with van der Waals surface area (Å²) in [6, 6.07) is 5.75. The molecular formula is C19H21F2N3O5S2. The highest BCUT2D eigenvalue weighted by molar-refractivity contribution is 7.91. The van der Waals surface area contributed by atoms with Crippen molar-refractivity contribution < 1.29 is 31.5 Å². The third-order valence-corrected chi connectivity index (χ3v) is 7.93. The number of thiophene rings is 1. The summed E-state index contributed by atoms with van der Waals surface area (Å²) in [5.74, 6) is -2.89. The molecule has 2 aromatic rings. The second-order valence-electron chi connectivity index (χ2n) is 6.64. The van der Waals surface area contributed by atoms with Gasteiger partial charge in [0, 0.05) is 37.0 Å². The molecule has 0 saturated carbocycles. The van der Waals surface area contributed by atoms with Crippen LogP contribution in [0.1, 0.15) is 21.7 Å². The standard InChI is InChI=1S/C19H21F2N3O5S2/c20-13-1-3-15(16(21)11-13)19(26)22-6-5-17(25)23-12-14-2-4-18(30-14)31(27,28)24-7-9-29-10-8-24/h1-4,11H,5-10,12H2,(H,22,26)(H,23,25). The van der Waals surface area contributed by atoms with E-state index in [0.29, 0.717) is 37.2 Å². The molecule has 0 aliphatic carbocycles. The fourth-order valence-corrected chi connectivity index (χ4v) is 5.70. The van der Waals surface area contributed by atoms with Crippen molar-refractivity contribution in [2.24, 2.45) is 0 Å². The van der Waals surface area contributed by atoms with Crippen molar-refractivity contribution in [2.45, 2.75) is 17.2 Å². The van der Waals surface area contributed by atoms with E-state index in [2.05, 4.69) is 10.6 Å². The zero-order valence-corrected chi connectivity index (χ0v) is 18.0. The molecule has 2 heterocycles. The fourth-order valence-electron chi connectivity index (χ4n) is 2.84. The Morgan fingerprint density at radius 3 is 2.55 bits per heavy atom. The highest BCUT2D eigenvalue weighted by atomic mass is 32.2. The number of morpholine rings is 1. The molecule has 12 heteroatoms. The van der Waals surface area contributed by atoms with Gasteiger partial charge in [0.25, 0.3) is 15.9 Å². The van der Waals surface area contributed by atoms with Gasteiger partial charge in [-0.1, -0.05) is 0 Å². The topological polar surface area (TPSA) is 105 Å². The third kappa shape index (κ3) is 6.06. The number of benzene rings is 1. The first-order chi connectivity index (χ1) is 14.8. The number of carbonyl (C=O) groups excluding carboxylic acids is 2. The Morgan fingerprint density at radius 1 is 1.10 bits per heavy atom. The molecule has 8 nitrogen and oxygen atoms in total. The minimum Gasteiger partial charge on any atom is -0.379 e. The maximum atomic E-state index is 13.6. The predicted molar refractivity (Wildman–Crippen MR) is 109 cm³/mol. The first-order valence-corrected chi connectivity index (χ1v) is 11.7. The van der Waals surface area contributed by atoms with Gasteiger partial charge in [0.15, 0.2) is 0 Å². The van der Waals surface area contributed by atoms with Crippen LogP contribution < -0.4 is 10.6 Å². The molecule has 0 bridgehead atoms. The van der Waals surface area contributed by atoms with Crippen LogP contribution in [0.5, 0.6) is 0 Å². The quantitative estimate of drug-likeness (QED) is 0.605. The van der Waals surface area contributed by atoms with Crippen molar-refractivity contribution in [1.29, 1.82) is 0 Å². The minimum atomic E-state index is -3.58. The Morgan fingerprint density at radius 2 is 1.84 bits per heavy atom. The summed E-state index contributed by atoms with van der Waals surface area (Å²) in [5.41, 5.74) is -0.311. The largest absolute Gasteiger partial charge is 0.379 e. The van der Waals surface area contributed by atoms with E-state index in [-0.39, 0.29) is 35.2 Å². The van der Waals surface area contributed by atoms with Crippen molar-refractivity contribution in [3.05, 3.63) is 52.4 Å². The Kier molecular flexibility index (Phi) is 7.70. The molecule has 168 valence electrons. The van der Waals surface area contributed by atoms with Gasteiger partial charge in [-0.05, 0) is 24.3 Å². The second-order valence-corrected chi connectivity index (χ2v) is 9.98. The Hall–Kier alpha value is -2.41. The number of sulfonamides is 1. The van der Waals surface area contributed by atoms with Crippen molar-refractivity contribution in [1.82, 2.24) is 14.9 Å². The first kappa shape index (κ1) is 23.3. The Labute approximate surface area is 182 Å². The normalized spacial score (nSPS) is 14.9. The summed E-state index contributed by atoms with van der Waals surface area (Å²) < 4.78 is 58.4. The molecule has 2 N–H and O–H groups in total. The van der Waals surface area contributed by atoms with Crippen molar-refractivity contribution in [2.75, 3.05) is 32.8 Å². The lowest BCUT2D eigenvalue weighted by Gasteiger charge is -2.25. The zero-order chi connectivity index (χ0) is 22.4. The van der Waals surface area contributed by atoms with Gasteiger partial charge in [0.1, 0.15) is 15.8 Å². The van der Waals surface area contributed by atoms with Gasteiger partial charge in [-0.2, -0.15) is 4.31 Å². The number of nitrogens with zero attached hydrogens (tertiary/aromatic N) is 1. The van der Waals surface area contributed by atoms with E-state index in [0.717, 1.165) is 23.5 Å². The van der Waals surface area contributed by atoms with E-state index < -0.39 is 27.6 Å². The van der Waals surface area contributed by atoms with E-state index in [1.54, 1.807) is 6.07 Å². The lowest BCUT2D eigenvalue weighted by atomic mass is 10.2. The third-order valence-electron chi connectivity index (χ3n) is 4.47. The van der Waals surface area contributed by atoms with Crippen LogP contribution in [0.2, 0.25) is 0 Å². The van der Waals surface area contributed by atoms with E-state index in [4.69, 9.17) is 4.74 Å². The molecule has 1 fully saturated rings. The van der Waals surface area contributed by atoms with E-state index in [1.165, 1.54) is 10.4 Å². The van der Waals surface area contributed by atoms with E-state index in [9.17, 15) is 26.8 Å². The van der Waals surface area contributed by atoms with Crippen LogP contribution in [0.3, 0.4) is 0 Å². The average molecular weight is 474 g/mol. The summed E-state index contributed by atoms with van der Waals surface area (Å²) in [5, 5.41) is 5.04. The van der Waals surface area contributed by atoms with Gasteiger partial charge in [0.2, 0.25) is 5.91 Å². The summed E-state index contributed by atoms with van der Waals surface area (Å²) in [4.78, 5) is 24.5. The molecule has 2 amide bonds. The van der Waals surface area contributed by atoms with Gasteiger partial charge in [-0.25, -0.2) is 17.2 Å². The Bertz CT molecular complexity index is 1050. The monoisotopic (exact) mass is 473 g/mol. The molecular weight excluding hydrogens is 452 g/mol. The first-order valence-electron chi connectivity index (χ1n) is 9.44. The van der Waals surface area contributed by atoms with Crippen LogP contribution in [0.15, 0.2) is 34.5 Å². The highest BCUT2D eigenvalue weighted by Gasteiger charge is 2.27. The van der Waals surface area contributed by atoms with Crippen LogP contribution in [-0.2, 0) is 26.1 Å². The second kappa shape index (κ2) is 10.3. The maximum absolute atomic E-state index is 13.6. The fraction of sp³-hybridized carbons (Fsp3) is 0.368. The predicted octanol–water partition coefficient (Wildman–Crippen LogP) is 1.48. The van der Waals surface area contributed by atoms with E-state index >= 15 is 0 Å². The molecule has 1 aromatic carbocycles. The van der Waals surface area contributed by atoms with Gasteiger partial charge < -0.3 is 15.4 Å². The molecule has 31 heavy (non-hydrogen) atoms. The van der Waals surface area contributed by atoms with Gasteiger partial charge >= 0.3 is 0 Å². The molecule has 0 spiro atoms. The van der Waals surface area contributed by atoms with Crippen molar-refractivity contribution >= 4 is 33.2 Å². The summed E-state index contributed by atoms with van der Waals surface area (Å²) >= 11 is 1.08. The lowest BCUT2D eigenvalue weighted by molar-refractivity contribution is -0.121. The SMILES string of the molecule is O=C(CCNC(=O)c1ccc(F)cc1F)NCc1ccc(S(=O)(=O)N2CCOCC2)s1. The number of nitrogens with one attached hydrogen (secondary N) is 2. The number of carbonyl (C=O) groups is 2. The molecule has 0 atom stereocenters. The van der Waals surface area contributed by atoms with Crippen molar-refractivity contribution in [3.8, 4) is 0 Å². The number of ether oxygens (including phenoxy) is 1. The van der Waals surface area contributed by atoms with Crippen LogP contribution in [0.25, 0.3) is 0 Å². The molecule has 0 unspecified atom stereocenters. The van der Waals surface area contributed by atoms with Gasteiger partial charge in [-0.15, -0.1) is 11.3 Å². The average Bonchev–Trinajstić information content (AvgIpc) is 3.23. The summed E-state index contributed by atoms with van der Waals surface area (Å²) in [6.45, 7) is 1.43. The lowest BCUT2D eigenvalue weighted by Crippen LogP contribution is -2.40. The Balaban J connectivity index is 1.44. The molecule has 1 aromatic heterocycles. The zero-order valence-electron chi connectivity index (χ0n) is 16.4. The number of amides is 2. The van der Waals surface area contributed by atoms with Crippen LogP contribution in [0.4, 0.5) is 8.78 Å². The van der Waals surface area contributed by atoms with Crippen molar-refractivity contribution in [3.63, 3.8) is 0 Å².